The van der Waals surface area contributed by atoms with Crippen LogP contribution in [0.5, 0.6) is 0 Å². The number of benzene rings is 1. The van der Waals surface area contributed by atoms with E-state index in [4.69, 9.17) is 0 Å². The van der Waals surface area contributed by atoms with Gasteiger partial charge in [-0.1, -0.05) is 6.07 Å². The molecule has 0 bridgehead atoms. The summed E-state index contributed by atoms with van der Waals surface area (Å²) >= 11 is 3.48. The molecule has 0 fully saturated rings. The summed E-state index contributed by atoms with van der Waals surface area (Å²) in [5, 5.41) is 10.4. The molecular formula is C14H12BrN3O2. The second kappa shape index (κ2) is 4.34. The highest BCUT2D eigenvalue weighted by Crippen LogP contribution is 2.43. The average Bonchev–Trinajstić information content (AvgIpc) is 2.63. The molecule has 2 amide bonds. The average molecular weight is 334 g/mol. The van der Waals surface area contributed by atoms with E-state index in [0.29, 0.717) is 0 Å². The van der Waals surface area contributed by atoms with Gasteiger partial charge in [-0.15, -0.1) is 5.11 Å². The van der Waals surface area contributed by atoms with E-state index in [1.807, 2.05) is 26.0 Å². The van der Waals surface area contributed by atoms with E-state index < -0.39 is 5.41 Å². The Morgan fingerprint density at radius 2 is 2.05 bits per heavy atom. The van der Waals surface area contributed by atoms with Crippen molar-refractivity contribution < 1.29 is 9.59 Å². The molecule has 1 N–H and O–H groups in total. The van der Waals surface area contributed by atoms with Crippen molar-refractivity contribution in [2.75, 3.05) is 5.32 Å². The van der Waals surface area contributed by atoms with Gasteiger partial charge in [-0.05, 0) is 53.0 Å². The second-order valence-corrected chi connectivity index (χ2v) is 6.22. The van der Waals surface area contributed by atoms with E-state index >= 15 is 0 Å². The molecule has 102 valence electrons. The van der Waals surface area contributed by atoms with Crippen molar-refractivity contribution in [1.29, 1.82) is 0 Å². The molecule has 5 nitrogen and oxygen atoms in total. The van der Waals surface area contributed by atoms with Crippen LogP contribution in [0.15, 0.2) is 39.0 Å². The second-order valence-electron chi connectivity index (χ2n) is 5.36. The zero-order chi connectivity index (χ0) is 14.5. The molecule has 3 rings (SSSR count). The number of azo groups is 1. The van der Waals surface area contributed by atoms with Crippen LogP contribution in [-0.2, 0) is 15.0 Å². The van der Waals surface area contributed by atoms with Crippen molar-refractivity contribution in [3.05, 3.63) is 39.9 Å². The molecule has 1 unspecified atom stereocenters. The molecule has 2 aliphatic rings. The maximum Gasteiger partial charge on any atom is 0.287 e. The van der Waals surface area contributed by atoms with Gasteiger partial charge in [0.25, 0.3) is 5.91 Å². The fourth-order valence-electron chi connectivity index (χ4n) is 2.35. The Hall–Kier alpha value is -1.82. The highest BCUT2D eigenvalue weighted by Gasteiger charge is 2.40. The predicted molar refractivity (Wildman–Crippen MR) is 77.5 cm³/mol. The summed E-state index contributed by atoms with van der Waals surface area (Å²) in [6.07, 6.45) is 3.12. The van der Waals surface area contributed by atoms with Gasteiger partial charge in [-0.2, -0.15) is 5.11 Å². The van der Waals surface area contributed by atoms with E-state index in [9.17, 15) is 9.59 Å². The minimum Gasteiger partial charge on any atom is -0.324 e. The summed E-state index contributed by atoms with van der Waals surface area (Å²) in [7, 11) is 0. The summed E-state index contributed by atoms with van der Waals surface area (Å²) in [4.78, 5) is 23.0. The number of hydrogen-bond acceptors (Lipinski definition) is 3. The fraction of sp³-hybridized carbons (Fsp3) is 0.286. The highest BCUT2D eigenvalue weighted by molar-refractivity contribution is 9.10. The Kier molecular flexibility index (Phi) is 2.86. The quantitative estimate of drug-likeness (QED) is 0.856. The lowest BCUT2D eigenvalue weighted by atomic mass is 9.84. The van der Waals surface area contributed by atoms with E-state index in [-0.39, 0.29) is 17.9 Å². The number of anilines is 1. The van der Waals surface area contributed by atoms with Gasteiger partial charge in [0.05, 0.1) is 11.1 Å². The Balaban J connectivity index is 2.09. The normalized spacial score (nSPS) is 22.9. The molecule has 1 aromatic carbocycles. The predicted octanol–water partition coefficient (Wildman–Crippen LogP) is 3.27. The molecule has 0 saturated heterocycles. The third-order valence-corrected chi connectivity index (χ3v) is 4.26. The standard InChI is InChI=1S/C14H12BrN3O2/c1-14(2)8-5-7(10-3-4-11(19)18-17-10)6-9(15)12(8)16-13(14)20/h3-6,10H,1-2H3,(H,16,20). The first kappa shape index (κ1) is 13.2. The van der Waals surface area contributed by atoms with E-state index in [2.05, 4.69) is 31.5 Å². The van der Waals surface area contributed by atoms with Crippen molar-refractivity contribution in [2.45, 2.75) is 25.3 Å². The SMILES string of the molecule is CC1(C)C(=O)Nc2c(Br)cc(C3C=CC(=O)N=N3)cc21. The molecule has 2 aliphatic heterocycles. The van der Waals surface area contributed by atoms with Crippen molar-refractivity contribution in [3.63, 3.8) is 0 Å². The van der Waals surface area contributed by atoms with Crippen molar-refractivity contribution in [2.24, 2.45) is 10.2 Å². The van der Waals surface area contributed by atoms with Crippen molar-refractivity contribution in [1.82, 2.24) is 0 Å². The van der Waals surface area contributed by atoms with E-state index in [1.54, 1.807) is 6.08 Å². The molecule has 0 saturated carbocycles. The van der Waals surface area contributed by atoms with Crippen molar-refractivity contribution in [3.8, 4) is 0 Å². The maximum atomic E-state index is 12.0. The molecule has 0 aromatic heterocycles. The summed E-state index contributed by atoms with van der Waals surface area (Å²) in [5.74, 6) is -0.375. The lowest BCUT2D eigenvalue weighted by Gasteiger charge is -2.18. The summed E-state index contributed by atoms with van der Waals surface area (Å²) < 4.78 is 0.810. The molecule has 0 radical (unpaired) electrons. The van der Waals surface area contributed by atoms with Crippen LogP contribution in [0.3, 0.4) is 0 Å². The van der Waals surface area contributed by atoms with E-state index in [1.165, 1.54) is 6.08 Å². The Morgan fingerprint density at radius 3 is 2.70 bits per heavy atom. The minimum absolute atomic E-state index is 0.0265. The van der Waals surface area contributed by atoms with Crippen LogP contribution in [-0.4, -0.2) is 11.8 Å². The Morgan fingerprint density at radius 1 is 1.30 bits per heavy atom. The lowest BCUT2D eigenvalue weighted by Crippen LogP contribution is -2.26. The van der Waals surface area contributed by atoms with E-state index in [0.717, 1.165) is 21.3 Å². The van der Waals surface area contributed by atoms with Crippen LogP contribution in [0, 0.1) is 0 Å². The zero-order valence-electron chi connectivity index (χ0n) is 11.0. The van der Waals surface area contributed by atoms with Crippen LogP contribution in [0.2, 0.25) is 0 Å². The first-order chi connectivity index (χ1) is 9.39. The van der Waals surface area contributed by atoms with Crippen LogP contribution >= 0.6 is 15.9 Å². The van der Waals surface area contributed by atoms with Gasteiger partial charge in [0.15, 0.2) is 0 Å². The number of rotatable bonds is 1. The molecule has 1 aromatic rings. The fourth-order valence-corrected chi connectivity index (χ4v) is 2.93. The van der Waals surface area contributed by atoms with Crippen LogP contribution in [0.25, 0.3) is 0 Å². The molecule has 0 aliphatic carbocycles. The lowest BCUT2D eigenvalue weighted by molar-refractivity contribution is -0.119. The summed E-state index contributed by atoms with van der Waals surface area (Å²) in [6.45, 7) is 3.76. The smallest absolute Gasteiger partial charge is 0.287 e. The zero-order valence-corrected chi connectivity index (χ0v) is 12.6. The first-order valence-electron chi connectivity index (χ1n) is 6.18. The largest absolute Gasteiger partial charge is 0.324 e. The third-order valence-electron chi connectivity index (χ3n) is 3.64. The number of carbonyl (C=O) groups is 2. The number of nitrogens with zero attached hydrogens (tertiary/aromatic N) is 2. The number of fused-ring (bicyclic) bond motifs is 1. The molecule has 1 atom stereocenters. The van der Waals surface area contributed by atoms with Gasteiger partial charge >= 0.3 is 0 Å². The number of nitrogens with one attached hydrogen (secondary N) is 1. The van der Waals surface area contributed by atoms with Gasteiger partial charge in [0.1, 0.15) is 6.04 Å². The number of hydrogen-bond donors (Lipinski definition) is 1. The van der Waals surface area contributed by atoms with Gasteiger partial charge in [0.2, 0.25) is 5.91 Å². The monoisotopic (exact) mass is 333 g/mol. The number of halogens is 1. The molecule has 20 heavy (non-hydrogen) atoms. The highest BCUT2D eigenvalue weighted by atomic mass is 79.9. The van der Waals surface area contributed by atoms with Gasteiger partial charge in [0, 0.05) is 10.5 Å². The van der Waals surface area contributed by atoms with Gasteiger partial charge in [-0.25, -0.2) is 0 Å². The molecule has 0 spiro atoms. The van der Waals surface area contributed by atoms with Crippen LogP contribution in [0.4, 0.5) is 5.69 Å². The topological polar surface area (TPSA) is 70.9 Å². The number of amides is 2. The number of carbonyl (C=O) groups excluding carboxylic acids is 2. The third kappa shape index (κ3) is 1.91. The minimum atomic E-state index is -0.584. The van der Waals surface area contributed by atoms with Crippen LogP contribution < -0.4 is 5.32 Å². The van der Waals surface area contributed by atoms with Gasteiger partial charge in [-0.3, -0.25) is 9.59 Å². The molecule has 6 heteroatoms. The Labute approximate surface area is 124 Å². The molecule has 2 heterocycles. The first-order valence-corrected chi connectivity index (χ1v) is 6.97. The van der Waals surface area contributed by atoms with Crippen LogP contribution in [0.1, 0.15) is 31.0 Å². The Bertz CT molecular complexity index is 676. The van der Waals surface area contributed by atoms with Gasteiger partial charge < -0.3 is 5.32 Å². The summed E-state index contributed by atoms with van der Waals surface area (Å²) in [5.41, 5.74) is 2.04. The maximum absolute atomic E-state index is 12.0. The molecular weight excluding hydrogens is 322 g/mol. The summed E-state index contributed by atoms with van der Waals surface area (Å²) in [6, 6.07) is 3.55. The van der Waals surface area contributed by atoms with Crippen molar-refractivity contribution >= 4 is 33.4 Å².